The van der Waals surface area contributed by atoms with Crippen LogP contribution in [0.4, 0.5) is 0 Å². The monoisotopic (exact) mass is 330 g/mol. The summed E-state index contributed by atoms with van der Waals surface area (Å²) in [5.41, 5.74) is 1.07. The highest BCUT2D eigenvalue weighted by Gasteiger charge is 2.28. The van der Waals surface area contributed by atoms with Crippen molar-refractivity contribution in [2.24, 2.45) is 0 Å². The maximum Gasteiger partial charge on any atom is 0.247 e. The Hall–Kier alpha value is -2.18. The Morgan fingerprint density at radius 1 is 1.38 bits per heavy atom. The molecule has 0 aromatic carbocycles. The highest BCUT2D eigenvalue weighted by molar-refractivity contribution is 5.80. The Morgan fingerprint density at radius 3 is 2.83 bits per heavy atom. The zero-order valence-electron chi connectivity index (χ0n) is 14.5. The second kappa shape index (κ2) is 7.59. The first-order chi connectivity index (χ1) is 11.7. The van der Waals surface area contributed by atoms with Crippen LogP contribution in [0.15, 0.2) is 24.7 Å². The van der Waals surface area contributed by atoms with Crippen molar-refractivity contribution in [1.82, 2.24) is 29.7 Å². The summed E-state index contributed by atoms with van der Waals surface area (Å²) in [7, 11) is 0. The molecule has 1 unspecified atom stereocenters. The van der Waals surface area contributed by atoms with Crippen LogP contribution in [-0.4, -0.2) is 48.7 Å². The van der Waals surface area contributed by atoms with E-state index >= 15 is 0 Å². The van der Waals surface area contributed by atoms with E-state index in [1.54, 1.807) is 10.9 Å². The first-order valence-electron chi connectivity index (χ1n) is 8.87. The molecule has 1 aliphatic heterocycles. The molecule has 2 aromatic rings. The Morgan fingerprint density at radius 2 is 2.17 bits per heavy atom. The summed E-state index contributed by atoms with van der Waals surface area (Å²) < 4.78 is 3.70. The van der Waals surface area contributed by atoms with Crippen molar-refractivity contribution in [3.8, 4) is 0 Å². The molecule has 24 heavy (non-hydrogen) atoms. The van der Waals surface area contributed by atoms with E-state index in [-0.39, 0.29) is 11.9 Å². The zero-order valence-corrected chi connectivity index (χ0v) is 14.5. The average Bonchev–Trinajstić information content (AvgIpc) is 3.30. The molecule has 1 fully saturated rings. The predicted molar refractivity (Wildman–Crippen MR) is 90.4 cm³/mol. The van der Waals surface area contributed by atoms with E-state index in [4.69, 9.17) is 0 Å². The number of piperidine rings is 1. The van der Waals surface area contributed by atoms with E-state index < -0.39 is 0 Å². The van der Waals surface area contributed by atoms with Gasteiger partial charge in [-0.3, -0.25) is 9.48 Å². The van der Waals surface area contributed by atoms with Crippen LogP contribution >= 0.6 is 0 Å². The lowest BCUT2D eigenvalue weighted by molar-refractivity contribution is -0.135. The molecule has 0 aliphatic carbocycles. The maximum atomic E-state index is 12.6. The fraction of sp³-hybridized carbons (Fsp3) is 0.647. The Labute approximate surface area is 142 Å². The number of nitrogens with zero attached hydrogens (tertiary/aromatic N) is 6. The van der Waals surface area contributed by atoms with E-state index in [2.05, 4.69) is 28.5 Å². The molecule has 3 heterocycles. The van der Waals surface area contributed by atoms with Gasteiger partial charge in [0.25, 0.3) is 0 Å². The van der Waals surface area contributed by atoms with Gasteiger partial charge in [0, 0.05) is 31.7 Å². The van der Waals surface area contributed by atoms with Crippen molar-refractivity contribution < 1.29 is 4.79 Å². The van der Waals surface area contributed by atoms with Gasteiger partial charge in [-0.05, 0) is 38.7 Å². The highest BCUT2D eigenvalue weighted by Crippen LogP contribution is 2.23. The van der Waals surface area contributed by atoms with E-state index in [1.165, 1.54) is 6.42 Å². The van der Waals surface area contributed by atoms with Crippen LogP contribution in [-0.2, 0) is 11.2 Å². The quantitative estimate of drug-likeness (QED) is 0.814. The number of unbranched alkanes of at least 4 members (excludes halogenated alkanes) is 1. The molecule has 2 aromatic heterocycles. The van der Waals surface area contributed by atoms with Gasteiger partial charge in [-0.15, -0.1) is 5.10 Å². The molecule has 0 radical (unpaired) electrons. The number of likely N-dealkylation sites (tertiary alicyclic amines) is 1. The van der Waals surface area contributed by atoms with Crippen LogP contribution in [0.5, 0.6) is 0 Å². The molecule has 0 N–H and O–H groups in total. The summed E-state index contributed by atoms with van der Waals surface area (Å²) >= 11 is 0. The first kappa shape index (κ1) is 16.7. The van der Waals surface area contributed by atoms with Gasteiger partial charge in [0.2, 0.25) is 5.91 Å². The van der Waals surface area contributed by atoms with Gasteiger partial charge in [-0.25, -0.2) is 4.68 Å². The van der Waals surface area contributed by atoms with Crippen LogP contribution < -0.4 is 0 Å². The zero-order chi connectivity index (χ0) is 16.9. The van der Waals surface area contributed by atoms with E-state index in [9.17, 15) is 4.79 Å². The molecular formula is C17H26N6O. The highest BCUT2D eigenvalue weighted by atomic mass is 16.2. The van der Waals surface area contributed by atoms with Crippen molar-refractivity contribution >= 4 is 5.91 Å². The molecule has 3 rings (SSSR count). The van der Waals surface area contributed by atoms with Crippen LogP contribution in [0.3, 0.4) is 0 Å². The van der Waals surface area contributed by atoms with E-state index in [0.717, 1.165) is 44.5 Å². The lowest BCUT2D eigenvalue weighted by Crippen LogP contribution is -2.42. The topological polar surface area (TPSA) is 68.8 Å². The Kier molecular flexibility index (Phi) is 5.27. The smallest absolute Gasteiger partial charge is 0.247 e. The molecular weight excluding hydrogens is 304 g/mol. The van der Waals surface area contributed by atoms with Gasteiger partial charge in [0.15, 0.2) is 0 Å². The molecule has 1 saturated heterocycles. The Bertz CT molecular complexity index is 642. The number of amides is 1. The van der Waals surface area contributed by atoms with Crippen molar-refractivity contribution in [3.63, 3.8) is 0 Å². The minimum atomic E-state index is -0.247. The predicted octanol–water partition coefficient (Wildman–Crippen LogP) is 2.24. The SMILES string of the molecule is CCCCc1cn(C2CCN(C(=O)C(C)n3cccn3)CC2)nn1. The number of aryl methyl sites for hydroxylation is 1. The molecule has 7 nitrogen and oxygen atoms in total. The second-order valence-corrected chi connectivity index (χ2v) is 6.51. The summed E-state index contributed by atoms with van der Waals surface area (Å²) in [5.74, 6) is 0.138. The van der Waals surface area contributed by atoms with Crippen molar-refractivity contribution in [2.45, 2.75) is 58.0 Å². The minimum absolute atomic E-state index is 0.138. The maximum absolute atomic E-state index is 12.6. The number of aromatic nitrogens is 5. The van der Waals surface area contributed by atoms with Crippen LogP contribution in [0.1, 0.15) is 57.3 Å². The third kappa shape index (κ3) is 3.66. The molecule has 1 atom stereocenters. The average molecular weight is 330 g/mol. The standard InChI is InChI=1S/C17H26N6O/c1-3-4-6-15-13-23(20-19-15)16-7-11-21(12-8-16)17(24)14(2)22-10-5-9-18-22/h5,9-10,13-14,16H,3-4,6-8,11-12H2,1-2H3. The third-order valence-corrected chi connectivity index (χ3v) is 4.77. The summed E-state index contributed by atoms with van der Waals surface area (Å²) in [5, 5.41) is 12.7. The van der Waals surface area contributed by atoms with Gasteiger partial charge in [-0.2, -0.15) is 5.10 Å². The Balaban J connectivity index is 1.53. The summed E-state index contributed by atoms with van der Waals surface area (Å²) in [6.45, 7) is 5.61. The molecule has 7 heteroatoms. The fourth-order valence-electron chi connectivity index (χ4n) is 3.20. The number of carbonyl (C=O) groups is 1. The normalized spacial score (nSPS) is 17.2. The van der Waals surface area contributed by atoms with Gasteiger partial charge in [0.05, 0.1) is 11.7 Å². The summed E-state index contributed by atoms with van der Waals surface area (Å²) in [4.78, 5) is 14.5. The molecule has 0 saturated carbocycles. The first-order valence-corrected chi connectivity index (χ1v) is 8.87. The van der Waals surface area contributed by atoms with Gasteiger partial charge in [0.1, 0.15) is 6.04 Å². The summed E-state index contributed by atoms with van der Waals surface area (Å²) in [6, 6.07) is 1.94. The molecule has 0 spiro atoms. The number of hydrogen-bond acceptors (Lipinski definition) is 4. The third-order valence-electron chi connectivity index (χ3n) is 4.77. The van der Waals surface area contributed by atoms with Crippen molar-refractivity contribution in [3.05, 3.63) is 30.4 Å². The number of carbonyl (C=O) groups excluding carboxylic acids is 1. The van der Waals surface area contributed by atoms with Crippen molar-refractivity contribution in [1.29, 1.82) is 0 Å². The van der Waals surface area contributed by atoms with Crippen LogP contribution in [0.25, 0.3) is 0 Å². The molecule has 130 valence electrons. The number of rotatable bonds is 6. The van der Waals surface area contributed by atoms with Crippen molar-refractivity contribution in [2.75, 3.05) is 13.1 Å². The van der Waals surface area contributed by atoms with Crippen LogP contribution in [0, 0.1) is 0 Å². The van der Waals surface area contributed by atoms with Gasteiger partial charge in [-0.1, -0.05) is 18.6 Å². The van der Waals surface area contributed by atoms with E-state index in [1.807, 2.05) is 28.8 Å². The second-order valence-electron chi connectivity index (χ2n) is 6.51. The lowest BCUT2D eigenvalue weighted by atomic mass is 10.0. The molecule has 1 aliphatic rings. The van der Waals surface area contributed by atoms with Gasteiger partial charge < -0.3 is 4.90 Å². The molecule has 0 bridgehead atoms. The largest absolute Gasteiger partial charge is 0.341 e. The fourth-order valence-corrected chi connectivity index (χ4v) is 3.20. The van der Waals surface area contributed by atoms with Gasteiger partial charge >= 0.3 is 0 Å². The minimum Gasteiger partial charge on any atom is -0.341 e. The lowest BCUT2D eigenvalue weighted by Gasteiger charge is -2.33. The van der Waals surface area contributed by atoms with Crippen LogP contribution in [0.2, 0.25) is 0 Å². The van der Waals surface area contributed by atoms with E-state index in [0.29, 0.717) is 6.04 Å². The number of hydrogen-bond donors (Lipinski definition) is 0. The summed E-state index contributed by atoms with van der Waals surface area (Å²) in [6.07, 6.45) is 10.8. The molecule has 1 amide bonds.